The van der Waals surface area contributed by atoms with Gasteiger partial charge in [0.15, 0.2) is 5.78 Å². The van der Waals surface area contributed by atoms with E-state index >= 15 is 0 Å². The number of nitrogens with one attached hydrogen (secondary N) is 1. The van der Waals surface area contributed by atoms with E-state index in [0.29, 0.717) is 23.3 Å². The lowest BCUT2D eigenvalue weighted by atomic mass is 9.99. The van der Waals surface area contributed by atoms with Crippen molar-refractivity contribution in [3.8, 4) is 16.9 Å². The van der Waals surface area contributed by atoms with Crippen LogP contribution in [0.4, 0.5) is 0 Å². The zero-order chi connectivity index (χ0) is 18.4. The van der Waals surface area contributed by atoms with Crippen LogP contribution in [-0.2, 0) is 0 Å². The van der Waals surface area contributed by atoms with Gasteiger partial charge in [0.2, 0.25) is 0 Å². The molecule has 1 atom stereocenters. The van der Waals surface area contributed by atoms with E-state index in [4.69, 9.17) is 4.74 Å². The van der Waals surface area contributed by atoms with Gasteiger partial charge in [0.25, 0.3) is 5.91 Å². The Morgan fingerprint density at radius 3 is 2.52 bits per heavy atom. The lowest BCUT2D eigenvalue weighted by molar-refractivity contribution is 0.0925. The molecule has 0 bridgehead atoms. The molecule has 0 saturated carbocycles. The van der Waals surface area contributed by atoms with Crippen LogP contribution >= 0.6 is 0 Å². The highest BCUT2D eigenvalue weighted by Crippen LogP contribution is 2.37. The molecule has 0 spiro atoms. The average Bonchev–Trinajstić information content (AvgIpc) is 3.00. The van der Waals surface area contributed by atoms with Crippen molar-refractivity contribution in [1.82, 2.24) is 5.32 Å². The minimum Gasteiger partial charge on any atom is -0.493 e. The Bertz CT molecular complexity index is 1090. The highest BCUT2D eigenvalue weighted by atomic mass is 16.5. The molecule has 1 heterocycles. The summed E-state index contributed by atoms with van der Waals surface area (Å²) in [5.41, 5.74) is 4.60. The third kappa shape index (κ3) is 2.53. The highest BCUT2D eigenvalue weighted by Gasteiger charge is 2.28. The molecule has 0 radical (unpaired) electrons. The molecule has 3 aromatic carbocycles. The maximum Gasteiger partial charge on any atom is 0.251 e. The van der Waals surface area contributed by atoms with Crippen LogP contribution in [0.2, 0.25) is 0 Å². The van der Waals surface area contributed by atoms with Gasteiger partial charge in [-0.25, -0.2) is 0 Å². The molecule has 4 heteroatoms. The molecular weight excluding hydrogens is 338 g/mol. The molecule has 2 aliphatic rings. The number of benzene rings is 3. The summed E-state index contributed by atoms with van der Waals surface area (Å²) in [7, 11) is 0. The van der Waals surface area contributed by atoms with Gasteiger partial charge in [-0.15, -0.1) is 0 Å². The first-order valence-electron chi connectivity index (χ1n) is 9.03. The van der Waals surface area contributed by atoms with Gasteiger partial charge in [-0.2, -0.15) is 0 Å². The van der Waals surface area contributed by atoms with Crippen molar-refractivity contribution in [2.24, 2.45) is 0 Å². The number of fused-ring (bicyclic) bond motifs is 4. The van der Waals surface area contributed by atoms with Crippen LogP contribution in [-0.4, -0.2) is 18.3 Å². The second kappa shape index (κ2) is 6.09. The average molecular weight is 355 g/mol. The fourth-order valence-corrected chi connectivity index (χ4v) is 3.90. The number of hydrogen-bond donors (Lipinski definition) is 1. The molecule has 27 heavy (non-hydrogen) atoms. The van der Waals surface area contributed by atoms with Crippen LogP contribution < -0.4 is 10.1 Å². The Hall–Kier alpha value is -3.40. The maximum absolute atomic E-state index is 12.8. The van der Waals surface area contributed by atoms with E-state index < -0.39 is 0 Å². The first-order chi connectivity index (χ1) is 13.2. The zero-order valence-electron chi connectivity index (χ0n) is 14.6. The summed E-state index contributed by atoms with van der Waals surface area (Å²) in [6.45, 7) is 0.569. The minimum atomic E-state index is -0.178. The van der Waals surface area contributed by atoms with E-state index in [-0.39, 0.29) is 17.7 Å². The number of rotatable bonds is 2. The summed E-state index contributed by atoms with van der Waals surface area (Å²) in [5.74, 6) is 0.614. The van der Waals surface area contributed by atoms with E-state index in [9.17, 15) is 9.59 Å². The van der Waals surface area contributed by atoms with Crippen LogP contribution in [0.5, 0.6) is 5.75 Å². The lowest BCUT2D eigenvalue weighted by Crippen LogP contribution is -2.32. The Kier molecular flexibility index (Phi) is 3.57. The fraction of sp³-hybridized carbons (Fsp3) is 0.130. The summed E-state index contributed by atoms with van der Waals surface area (Å²) in [4.78, 5) is 25.5. The summed E-state index contributed by atoms with van der Waals surface area (Å²) in [6.07, 6.45) is 0.720. The van der Waals surface area contributed by atoms with Crippen LogP contribution in [0.3, 0.4) is 0 Å². The summed E-state index contributed by atoms with van der Waals surface area (Å²) in [5, 5.41) is 3.09. The van der Waals surface area contributed by atoms with E-state index in [0.717, 1.165) is 28.9 Å². The Morgan fingerprint density at radius 1 is 0.889 bits per heavy atom. The van der Waals surface area contributed by atoms with Gasteiger partial charge in [-0.05, 0) is 29.3 Å². The van der Waals surface area contributed by atoms with Crippen molar-refractivity contribution in [3.05, 3.63) is 89.0 Å². The molecule has 0 fully saturated rings. The van der Waals surface area contributed by atoms with Crippen LogP contribution in [0.25, 0.3) is 11.1 Å². The number of amides is 1. The second-order valence-electron chi connectivity index (χ2n) is 6.84. The molecule has 132 valence electrons. The summed E-state index contributed by atoms with van der Waals surface area (Å²) >= 11 is 0. The molecule has 1 unspecified atom stereocenters. The van der Waals surface area contributed by atoms with Gasteiger partial charge >= 0.3 is 0 Å². The highest BCUT2D eigenvalue weighted by molar-refractivity contribution is 6.22. The van der Waals surface area contributed by atoms with Gasteiger partial charge < -0.3 is 10.1 Å². The van der Waals surface area contributed by atoms with Crippen molar-refractivity contribution in [2.75, 3.05) is 6.61 Å². The molecule has 4 nitrogen and oxygen atoms in total. The minimum absolute atomic E-state index is 0.0216. The Labute approximate surface area is 156 Å². The van der Waals surface area contributed by atoms with Gasteiger partial charge in [0, 0.05) is 28.7 Å². The van der Waals surface area contributed by atoms with Crippen molar-refractivity contribution < 1.29 is 14.3 Å². The summed E-state index contributed by atoms with van der Waals surface area (Å²) in [6, 6.07) is 20.6. The lowest BCUT2D eigenvalue weighted by Gasteiger charge is -2.26. The number of ketones is 1. The molecule has 1 aliphatic carbocycles. The standard InChI is InChI=1S/C23H17NO3/c25-22-17-6-2-1-5-15(17)16-10-9-14(13-19(16)22)23(26)24-20-11-12-27-21-8-4-3-7-18(20)21/h1-10,13,20H,11-12H2,(H,24,26). The van der Waals surface area contributed by atoms with Gasteiger partial charge in [0.1, 0.15) is 5.75 Å². The normalized spacial score (nSPS) is 16.7. The third-order valence-corrected chi connectivity index (χ3v) is 5.25. The number of ether oxygens (including phenoxy) is 1. The Morgan fingerprint density at radius 2 is 1.63 bits per heavy atom. The third-order valence-electron chi connectivity index (χ3n) is 5.25. The molecule has 1 aliphatic heterocycles. The predicted molar refractivity (Wildman–Crippen MR) is 102 cm³/mol. The monoisotopic (exact) mass is 355 g/mol. The van der Waals surface area contributed by atoms with Crippen molar-refractivity contribution in [2.45, 2.75) is 12.5 Å². The van der Waals surface area contributed by atoms with Gasteiger partial charge in [-0.3, -0.25) is 9.59 Å². The number of hydrogen-bond acceptors (Lipinski definition) is 3. The summed E-state index contributed by atoms with van der Waals surface area (Å²) < 4.78 is 5.66. The SMILES string of the molecule is O=C(NC1CCOc2ccccc21)c1ccc2c(c1)C(=O)c1ccccc1-2. The number of carbonyl (C=O) groups excluding carboxylic acids is 2. The van der Waals surface area contributed by atoms with Crippen molar-refractivity contribution in [3.63, 3.8) is 0 Å². The molecule has 0 saturated heterocycles. The smallest absolute Gasteiger partial charge is 0.251 e. The molecule has 3 aromatic rings. The Balaban J connectivity index is 1.44. The zero-order valence-corrected chi connectivity index (χ0v) is 14.6. The van der Waals surface area contributed by atoms with Crippen LogP contribution in [0, 0.1) is 0 Å². The van der Waals surface area contributed by atoms with E-state index in [1.807, 2.05) is 54.6 Å². The van der Waals surface area contributed by atoms with E-state index in [1.165, 1.54) is 0 Å². The first kappa shape index (κ1) is 15.8. The van der Waals surface area contributed by atoms with E-state index in [2.05, 4.69) is 5.32 Å². The number of para-hydroxylation sites is 1. The quantitative estimate of drug-likeness (QED) is 0.588. The molecule has 5 rings (SSSR count). The first-order valence-corrected chi connectivity index (χ1v) is 9.03. The fourth-order valence-electron chi connectivity index (χ4n) is 3.90. The largest absolute Gasteiger partial charge is 0.493 e. The van der Waals surface area contributed by atoms with Crippen LogP contribution in [0.1, 0.15) is 44.3 Å². The molecule has 1 amide bonds. The van der Waals surface area contributed by atoms with Crippen LogP contribution in [0.15, 0.2) is 66.7 Å². The topological polar surface area (TPSA) is 55.4 Å². The second-order valence-corrected chi connectivity index (χ2v) is 6.84. The number of carbonyl (C=O) groups is 2. The van der Waals surface area contributed by atoms with E-state index in [1.54, 1.807) is 12.1 Å². The molecule has 0 aromatic heterocycles. The van der Waals surface area contributed by atoms with Gasteiger partial charge in [-0.1, -0.05) is 48.5 Å². The van der Waals surface area contributed by atoms with Crippen molar-refractivity contribution >= 4 is 11.7 Å². The maximum atomic E-state index is 12.8. The predicted octanol–water partition coefficient (Wildman–Crippen LogP) is 4.15. The van der Waals surface area contributed by atoms with Gasteiger partial charge in [0.05, 0.1) is 12.6 Å². The molecule has 1 N–H and O–H groups in total. The molecular formula is C23H17NO3. The van der Waals surface area contributed by atoms with Crippen molar-refractivity contribution in [1.29, 1.82) is 0 Å².